The molecule has 228 valence electrons. The average molecular weight is 594 g/mol. The van der Waals surface area contributed by atoms with Gasteiger partial charge in [-0.2, -0.15) is 10.1 Å². The lowest BCUT2D eigenvalue weighted by molar-refractivity contribution is 0.0554. The van der Waals surface area contributed by atoms with E-state index in [9.17, 15) is 0 Å². The number of aromatic nitrogens is 3. The normalized spacial score (nSPS) is 17.5. The Morgan fingerprint density at radius 1 is 0.886 bits per heavy atom. The number of nitrogens with one attached hydrogen (secondary N) is 1. The summed E-state index contributed by atoms with van der Waals surface area (Å²) in [7, 11) is 1.92. The van der Waals surface area contributed by atoms with Gasteiger partial charge in [-0.15, -0.1) is 0 Å². The quantitative estimate of drug-likeness (QED) is 0.192. The van der Waals surface area contributed by atoms with Crippen molar-refractivity contribution in [3.05, 3.63) is 102 Å². The number of aryl methyl sites for hydroxylation is 1. The van der Waals surface area contributed by atoms with Crippen LogP contribution in [-0.2, 0) is 20.3 Å². The molecule has 0 spiro atoms. The first-order valence-corrected chi connectivity index (χ1v) is 15.2. The lowest BCUT2D eigenvalue weighted by Crippen LogP contribution is -2.54. The maximum absolute atomic E-state index is 15.2. The van der Waals surface area contributed by atoms with Crippen LogP contribution in [0.2, 0.25) is 0 Å². The molecule has 8 heteroatoms. The molecule has 2 atom stereocenters. The molecular weight excluding hydrogens is 553 g/mol. The predicted molar refractivity (Wildman–Crippen MR) is 174 cm³/mol. The topological polar surface area (TPSA) is 64.4 Å². The van der Waals surface area contributed by atoms with Crippen LogP contribution in [0.4, 0.5) is 10.1 Å². The van der Waals surface area contributed by atoms with E-state index in [1.54, 1.807) is 0 Å². The fourth-order valence-corrected chi connectivity index (χ4v) is 5.69. The molecule has 1 aliphatic heterocycles. The zero-order chi connectivity index (χ0) is 30.7. The fourth-order valence-electron chi connectivity index (χ4n) is 5.69. The van der Waals surface area contributed by atoms with Crippen molar-refractivity contribution in [3.8, 4) is 23.0 Å². The lowest BCUT2D eigenvalue weighted by atomic mass is 9.96. The Balaban J connectivity index is 1.26. The van der Waals surface area contributed by atoms with E-state index < -0.39 is 6.17 Å². The van der Waals surface area contributed by atoms with Gasteiger partial charge in [-0.05, 0) is 62.6 Å². The fraction of sp³-hybridized carbons (Fsp3) is 0.333. The molecule has 2 aromatic heterocycles. The van der Waals surface area contributed by atoms with Crippen molar-refractivity contribution in [2.75, 3.05) is 18.4 Å². The Kier molecular flexibility index (Phi) is 8.53. The van der Waals surface area contributed by atoms with Crippen LogP contribution < -0.4 is 14.8 Å². The van der Waals surface area contributed by atoms with E-state index in [0.29, 0.717) is 31.5 Å². The molecule has 5 aromatic rings. The van der Waals surface area contributed by atoms with Crippen LogP contribution >= 0.6 is 0 Å². The van der Waals surface area contributed by atoms with E-state index in [0.717, 1.165) is 51.9 Å². The number of halogens is 1. The van der Waals surface area contributed by atoms with Gasteiger partial charge in [-0.1, -0.05) is 60.7 Å². The zero-order valence-electron chi connectivity index (χ0n) is 25.8. The van der Waals surface area contributed by atoms with Crippen molar-refractivity contribution < 1.29 is 13.9 Å². The number of ether oxygens (including phenoxy) is 2. The van der Waals surface area contributed by atoms with Crippen LogP contribution in [-0.4, -0.2) is 50.5 Å². The van der Waals surface area contributed by atoms with E-state index >= 15 is 4.39 Å². The predicted octanol–water partition coefficient (Wildman–Crippen LogP) is 7.42. The van der Waals surface area contributed by atoms with Gasteiger partial charge in [0.1, 0.15) is 25.1 Å². The number of pyridine rings is 1. The van der Waals surface area contributed by atoms with Crippen molar-refractivity contribution >= 4 is 16.6 Å². The van der Waals surface area contributed by atoms with E-state index in [1.807, 2.05) is 103 Å². The lowest BCUT2D eigenvalue weighted by Gasteiger charge is -2.42. The van der Waals surface area contributed by atoms with Crippen LogP contribution in [0.15, 0.2) is 91.0 Å². The van der Waals surface area contributed by atoms with E-state index in [4.69, 9.17) is 19.6 Å². The van der Waals surface area contributed by atoms with Crippen LogP contribution in [0, 0.1) is 0 Å². The number of hydrogen-bond acceptors (Lipinski definition) is 6. The van der Waals surface area contributed by atoms with E-state index in [1.165, 1.54) is 0 Å². The number of likely N-dealkylation sites (tertiary alicyclic amines) is 1. The summed E-state index contributed by atoms with van der Waals surface area (Å²) in [6, 6.07) is 29.7. The second kappa shape index (κ2) is 12.7. The number of nitrogens with zero attached hydrogens (tertiary/aromatic N) is 4. The van der Waals surface area contributed by atoms with Crippen molar-refractivity contribution in [3.63, 3.8) is 0 Å². The number of alkyl halides is 1. The summed E-state index contributed by atoms with van der Waals surface area (Å²) in [6.45, 7) is 8.48. The van der Waals surface area contributed by atoms with Crippen molar-refractivity contribution in [1.29, 1.82) is 0 Å². The highest BCUT2D eigenvalue weighted by molar-refractivity contribution is 5.96. The molecule has 0 aliphatic carbocycles. The number of rotatable bonds is 9. The molecule has 0 bridgehead atoms. The van der Waals surface area contributed by atoms with Crippen LogP contribution in [0.5, 0.6) is 11.8 Å². The Bertz CT molecular complexity index is 1700. The van der Waals surface area contributed by atoms with Crippen LogP contribution in [0.1, 0.15) is 38.3 Å². The summed E-state index contributed by atoms with van der Waals surface area (Å²) in [4.78, 5) is 6.99. The summed E-state index contributed by atoms with van der Waals surface area (Å²) in [5.74, 6) is 0.929. The summed E-state index contributed by atoms with van der Waals surface area (Å²) in [5.41, 5.74) is 5.42. The second-order valence-corrected chi connectivity index (χ2v) is 12.4. The maximum Gasteiger partial charge on any atom is 0.226 e. The number of anilines is 1. The third-order valence-corrected chi connectivity index (χ3v) is 8.23. The molecule has 1 fully saturated rings. The highest BCUT2D eigenvalue weighted by Crippen LogP contribution is 2.36. The van der Waals surface area contributed by atoms with E-state index in [2.05, 4.69) is 31.0 Å². The average Bonchev–Trinajstić information content (AvgIpc) is 3.35. The van der Waals surface area contributed by atoms with E-state index in [-0.39, 0.29) is 11.6 Å². The summed E-state index contributed by atoms with van der Waals surface area (Å²) >= 11 is 0. The molecule has 44 heavy (non-hydrogen) atoms. The Labute approximate surface area is 258 Å². The highest BCUT2D eigenvalue weighted by atomic mass is 19.1. The van der Waals surface area contributed by atoms with Gasteiger partial charge < -0.3 is 14.8 Å². The first kappa shape index (κ1) is 29.6. The van der Waals surface area contributed by atoms with Crippen molar-refractivity contribution in [2.45, 2.75) is 58.2 Å². The second-order valence-electron chi connectivity index (χ2n) is 12.4. The Hall–Kier alpha value is -4.43. The third kappa shape index (κ3) is 6.70. The van der Waals surface area contributed by atoms with Gasteiger partial charge in [0, 0.05) is 42.8 Å². The number of fused-ring (bicyclic) bond motifs is 1. The van der Waals surface area contributed by atoms with Gasteiger partial charge in [0.2, 0.25) is 11.8 Å². The van der Waals surface area contributed by atoms with Crippen LogP contribution in [0.25, 0.3) is 22.2 Å². The molecule has 3 heterocycles. The molecule has 1 N–H and O–H groups in total. The first-order valence-electron chi connectivity index (χ1n) is 15.2. The monoisotopic (exact) mass is 593 g/mol. The van der Waals surface area contributed by atoms with Gasteiger partial charge in [-0.25, -0.2) is 4.39 Å². The summed E-state index contributed by atoms with van der Waals surface area (Å²) in [5, 5.41) is 9.31. The molecule has 1 saturated heterocycles. The minimum atomic E-state index is -0.946. The smallest absolute Gasteiger partial charge is 0.226 e. The Morgan fingerprint density at radius 2 is 1.57 bits per heavy atom. The molecule has 1 aliphatic rings. The van der Waals surface area contributed by atoms with Gasteiger partial charge >= 0.3 is 0 Å². The molecule has 0 unspecified atom stereocenters. The molecule has 0 saturated carbocycles. The standard InChI is InChI=1S/C36H40FN5O2/c1-36(2,3)42-20-19-31(30(37)22-42)38-27-15-16-28-32(21-27)41(4)40-34(28)29-17-18-33(43-23-25-11-7-5-8-12-25)39-35(29)44-24-26-13-9-6-10-14-26/h5-18,21,30-31,38H,19-20,22-24H2,1-4H3/t30-,31-/m0/s1. The van der Waals surface area contributed by atoms with Crippen molar-refractivity contribution in [2.24, 2.45) is 7.05 Å². The minimum Gasteiger partial charge on any atom is -0.473 e. The molecule has 3 aromatic carbocycles. The van der Waals surface area contributed by atoms with Crippen LogP contribution in [0.3, 0.4) is 0 Å². The number of piperidine rings is 1. The first-order chi connectivity index (χ1) is 21.2. The molecule has 0 radical (unpaired) electrons. The zero-order valence-corrected chi connectivity index (χ0v) is 25.8. The van der Waals surface area contributed by atoms with Gasteiger partial charge in [0.05, 0.1) is 17.1 Å². The molecular formula is C36H40FN5O2. The largest absolute Gasteiger partial charge is 0.473 e. The minimum absolute atomic E-state index is 0.0376. The van der Waals surface area contributed by atoms with Gasteiger partial charge in [-0.3, -0.25) is 9.58 Å². The number of hydrogen-bond donors (Lipinski definition) is 1. The Morgan fingerprint density at radius 3 is 2.23 bits per heavy atom. The summed E-state index contributed by atoms with van der Waals surface area (Å²) in [6.07, 6.45) is -0.196. The molecule has 6 rings (SSSR count). The molecule has 7 nitrogen and oxygen atoms in total. The van der Waals surface area contributed by atoms with Crippen molar-refractivity contribution in [1.82, 2.24) is 19.7 Å². The third-order valence-electron chi connectivity index (χ3n) is 8.23. The SMILES string of the molecule is Cn1nc(-c2ccc(OCc3ccccc3)nc2OCc2ccccc2)c2ccc(N[C@H]3CCN(C(C)(C)C)C[C@@H]3F)cc21. The summed E-state index contributed by atoms with van der Waals surface area (Å²) < 4.78 is 29.4. The van der Waals surface area contributed by atoms with Gasteiger partial charge in [0.15, 0.2) is 0 Å². The molecule has 0 amide bonds. The van der Waals surface area contributed by atoms with Gasteiger partial charge in [0.25, 0.3) is 0 Å². The highest BCUT2D eigenvalue weighted by Gasteiger charge is 2.34. The number of benzene rings is 3. The maximum atomic E-state index is 15.2.